The predicted octanol–water partition coefficient (Wildman–Crippen LogP) is 7.59. The number of carbonyl (C=O) groups is 1. The van der Waals surface area contributed by atoms with Crippen molar-refractivity contribution in [3.63, 3.8) is 0 Å². The maximum Gasteiger partial charge on any atom is 0.343 e. The summed E-state index contributed by atoms with van der Waals surface area (Å²) in [5, 5.41) is 0. The Balaban J connectivity index is 1.32. The summed E-state index contributed by atoms with van der Waals surface area (Å²) in [5.74, 6) is 2.07. The van der Waals surface area contributed by atoms with Crippen LogP contribution in [0.2, 0.25) is 0 Å². The van der Waals surface area contributed by atoms with Gasteiger partial charge in [-0.3, -0.25) is 0 Å². The van der Waals surface area contributed by atoms with Gasteiger partial charge < -0.3 is 9.47 Å². The molecule has 0 amide bonds. The lowest BCUT2D eigenvalue weighted by molar-refractivity contribution is 0.0734. The third-order valence-electron chi connectivity index (χ3n) is 6.32. The maximum atomic E-state index is 12.9. The Morgan fingerprint density at radius 2 is 1.42 bits per heavy atom. The minimum Gasteiger partial charge on any atom is -0.494 e. The SMILES string of the molecule is CCCCC[C@H]1CC[C@H](CCCOc2ccc(C(=O)Oc3ccc(F)cc3)cc2)CC1. The molecule has 0 unspecified atom stereocenters. The second-order valence-electron chi connectivity index (χ2n) is 8.74. The Hall–Kier alpha value is -2.36. The predicted molar refractivity (Wildman–Crippen MR) is 122 cm³/mol. The summed E-state index contributed by atoms with van der Waals surface area (Å²) in [4.78, 5) is 12.2. The fraction of sp³-hybridized carbons (Fsp3) is 0.519. The molecule has 2 aromatic carbocycles. The molecular weight excluding hydrogens is 391 g/mol. The van der Waals surface area contributed by atoms with Crippen molar-refractivity contribution in [2.45, 2.75) is 71.1 Å². The largest absolute Gasteiger partial charge is 0.494 e. The third-order valence-corrected chi connectivity index (χ3v) is 6.32. The zero-order valence-electron chi connectivity index (χ0n) is 18.7. The van der Waals surface area contributed by atoms with E-state index in [9.17, 15) is 9.18 Å². The van der Waals surface area contributed by atoms with Crippen LogP contribution in [-0.2, 0) is 0 Å². The highest BCUT2D eigenvalue weighted by molar-refractivity contribution is 5.91. The Kier molecular flexibility index (Phi) is 9.39. The molecule has 0 aliphatic heterocycles. The van der Waals surface area contributed by atoms with Crippen LogP contribution >= 0.6 is 0 Å². The van der Waals surface area contributed by atoms with E-state index in [1.54, 1.807) is 24.3 Å². The molecule has 0 bridgehead atoms. The van der Waals surface area contributed by atoms with Gasteiger partial charge in [-0.15, -0.1) is 0 Å². The Morgan fingerprint density at radius 1 is 0.839 bits per heavy atom. The van der Waals surface area contributed by atoms with Crippen molar-refractivity contribution in [2.75, 3.05) is 6.61 Å². The zero-order chi connectivity index (χ0) is 21.9. The molecule has 0 heterocycles. The van der Waals surface area contributed by atoms with Crippen molar-refractivity contribution in [1.29, 1.82) is 0 Å². The van der Waals surface area contributed by atoms with E-state index in [4.69, 9.17) is 9.47 Å². The molecule has 168 valence electrons. The number of unbranched alkanes of at least 4 members (excludes halogenated alkanes) is 2. The van der Waals surface area contributed by atoms with E-state index in [1.807, 2.05) is 0 Å². The van der Waals surface area contributed by atoms with Crippen molar-refractivity contribution in [3.8, 4) is 11.5 Å². The van der Waals surface area contributed by atoms with Crippen LogP contribution in [0.25, 0.3) is 0 Å². The van der Waals surface area contributed by atoms with Crippen LogP contribution < -0.4 is 9.47 Å². The van der Waals surface area contributed by atoms with Gasteiger partial charge in [-0.25, -0.2) is 9.18 Å². The van der Waals surface area contributed by atoms with Crippen LogP contribution in [0.1, 0.15) is 81.5 Å². The normalized spacial score (nSPS) is 18.5. The van der Waals surface area contributed by atoms with Crippen LogP contribution in [0, 0.1) is 17.7 Å². The van der Waals surface area contributed by atoms with Gasteiger partial charge in [-0.05, 0) is 73.2 Å². The van der Waals surface area contributed by atoms with E-state index in [2.05, 4.69) is 6.92 Å². The average Bonchev–Trinajstić information content (AvgIpc) is 2.80. The molecule has 0 atom stereocenters. The van der Waals surface area contributed by atoms with E-state index < -0.39 is 5.97 Å². The van der Waals surface area contributed by atoms with Gasteiger partial charge in [0, 0.05) is 0 Å². The standard InChI is InChI=1S/C27H35FO3/c1-2-3-4-6-21-8-10-22(11-9-21)7-5-20-30-25-16-12-23(13-17-25)27(29)31-26-18-14-24(28)15-19-26/h12-19,21-22H,2-11,20H2,1H3/t21-,22-. The molecule has 0 saturated heterocycles. The first-order valence-electron chi connectivity index (χ1n) is 11.8. The summed E-state index contributed by atoms with van der Waals surface area (Å²) >= 11 is 0. The summed E-state index contributed by atoms with van der Waals surface area (Å²) < 4.78 is 24.0. The third kappa shape index (κ3) is 8.01. The minimum absolute atomic E-state index is 0.321. The second kappa shape index (κ2) is 12.5. The number of rotatable bonds is 11. The fourth-order valence-electron chi connectivity index (χ4n) is 4.41. The van der Waals surface area contributed by atoms with Crippen molar-refractivity contribution >= 4 is 5.97 Å². The lowest BCUT2D eigenvalue weighted by Crippen LogP contribution is -2.15. The van der Waals surface area contributed by atoms with Gasteiger partial charge in [0.05, 0.1) is 12.2 Å². The van der Waals surface area contributed by atoms with Gasteiger partial charge in [0.2, 0.25) is 0 Å². The molecule has 2 aromatic rings. The number of esters is 1. The van der Waals surface area contributed by atoms with Gasteiger partial charge in [0.25, 0.3) is 0 Å². The van der Waals surface area contributed by atoms with E-state index in [1.165, 1.54) is 82.1 Å². The van der Waals surface area contributed by atoms with Crippen LogP contribution in [-0.4, -0.2) is 12.6 Å². The lowest BCUT2D eigenvalue weighted by atomic mass is 9.78. The average molecular weight is 427 g/mol. The van der Waals surface area contributed by atoms with Gasteiger partial charge >= 0.3 is 5.97 Å². The topological polar surface area (TPSA) is 35.5 Å². The smallest absolute Gasteiger partial charge is 0.343 e. The highest BCUT2D eigenvalue weighted by Gasteiger charge is 2.20. The summed E-state index contributed by atoms with van der Waals surface area (Å²) in [6.07, 6.45) is 13.4. The molecule has 3 rings (SSSR count). The number of hydrogen-bond donors (Lipinski definition) is 0. The second-order valence-corrected chi connectivity index (χ2v) is 8.74. The van der Waals surface area contributed by atoms with Crippen molar-refractivity contribution in [3.05, 3.63) is 59.9 Å². The van der Waals surface area contributed by atoms with Gasteiger partial charge in [-0.1, -0.05) is 58.3 Å². The quantitative estimate of drug-likeness (QED) is 0.211. The highest BCUT2D eigenvalue weighted by Crippen LogP contribution is 2.34. The molecular formula is C27H35FO3. The molecule has 1 aliphatic rings. The van der Waals surface area contributed by atoms with Gasteiger partial charge in [0.1, 0.15) is 17.3 Å². The molecule has 0 spiro atoms. The highest BCUT2D eigenvalue weighted by atomic mass is 19.1. The maximum absolute atomic E-state index is 12.9. The first-order chi connectivity index (χ1) is 15.1. The number of benzene rings is 2. The number of hydrogen-bond acceptors (Lipinski definition) is 3. The van der Waals surface area contributed by atoms with Crippen molar-refractivity contribution < 1.29 is 18.7 Å². The van der Waals surface area contributed by atoms with Crippen LogP contribution in [0.3, 0.4) is 0 Å². The first-order valence-corrected chi connectivity index (χ1v) is 11.8. The van der Waals surface area contributed by atoms with Gasteiger partial charge in [-0.2, -0.15) is 0 Å². The Bertz CT molecular complexity index is 777. The lowest BCUT2D eigenvalue weighted by Gasteiger charge is -2.28. The molecule has 4 heteroatoms. The first kappa shape index (κ1) is 23.3. The molecule has 0 aromatic heterocycles. The molecule has 1 fully saturated rings. The molecule has 0 N–H and O–H groups in total. The molecule has 1 saturated carbocycles. The van der Waals surface area contributed by atoms with Crippen LogP contribution in [0.15, 0.2) is 48.5 Å². The molecule has 31 heavy (non-hydrogen) atoms. The number of carbonyl (C=O) groups excluding carboxylic acids is 1. The summed E-state index contributed by atoms with van der Waals surface area (Å²) in [5.41, 5.74) is 0.437. The van der Waals surface area contributed by atoms with E-state index >= 15 is 0 Å². The zero-order valence-corrected chi connectivity index (χ0v) is 18.7. The van der Waals surface area contributed by atoms with E-state index in [0.29, 0.717) is 17.9 Å². The molecule has 1 aliphatic carbocycles. The van der Waals surface area contributed by atoms with Crippen LogP contribution in [0.5, 0.6) is 11.5 Å². The fourth-order valence-corrected chi connectivity index (χ4v) is 4.41. The molecule has 3 nitrogen and oxygen atoms in total. The number of halogens is 1. The van der Waals surface area contributed by atoms with E-state index in [0.717, 1.165) is 24.0 Å². The monoisotopic (exact) mass is 426 g/mol. The number of ether oxygens (including phenoxy) is 2. The van der Waals surface area contributed by atoms with E-state index in [-0.39, 0.29) is 5.82 Å². The minimum atomic E-state index is -0.469. The van der Waals surface area contributed by atoms with Crippen molar-refractivity contribution in [2.24, 2.45) is 11.8 Å². The summed E-state index contributed by atoms with van der Waals surface area (Å²) in [6.45, 7) is 2.98. The Morgan fingerprint density at radius 3 is 2.03 bits per heavy atom. The van der Waals surface area contributed by atoms with Crippen molar-refractivity contribution in [1.82, 2.24) is 0 Å². The van der Waals surface area contributed by atoms with Gasteiger partial charge in [0.15, 0.2) is 0 Å². The molecule has 0 radical (unpaired) electrons. The van der Waals surface area contributed by atoms with Crippen LogP contribution in [0.4, 0.5) is 4.39 Å². The summed E-state index contributed by atoms with van der Waals surface area (Å²) in [7, 11) is 0. The Labute approximate surface area is 186 Å². The summed E-state index contributed by atoms with van der Waals surface area (Å²) in [6, 6.07) is 12.4.